The summed E-state index contributed by atoms with van der Waals surface area (Å²) in [7, 11) is 0. The quantitative estimate of drug-likeness (QED) is 0.594. The van der Waals surface area contributed by atoms with Crippen LogP contribution in [0.1, 0.15) is 65.4 Å². The molecule has 0 bridgehead atoms. The van der Waals surface area contributed by atoms with Crippen molar-refractivity contribution in [1.29, 1.82) is 0 Å². The van der Waals surface area contributed by atoms with E-state index in [0.717, 1.165) is 25.7 Å². The minimum absolute atomic E-state index is 0.134. The Balaban J connectivity index is 1.58. The molecule has 0 spiro atoms. The van der Waals surface area contributed by atoms with Gasteiger partial charge in [-0.05, 0) is 81.1 Å². The van der Waals surface area contributed by atoms with E-state index in [-0.39, 0.29) is 29.0 Å². The van der Waals surface area contributed by atoms with Gasteiger partial charge in [0.05, 0.1) is 18.8 Å². The number of ether oxygens (including phenoxy) is 1. The van der Waals surface area contributed by atoms with Crippen LogP contribution >= 0.6 is 11.6 Å². The Morgan fingerprint density at radius 2 is 1.97 bits per heavy atom. The minimum atomic E-state index is -0.710. The first-order valence-electron chi connectivity index (χ1n) is 12.7. The van der Waals surface area contributed by atoms with Crippen molar-refractivity contribution in [2.75, 3.05) is 13.1 Å². The topological polar surface area (TPSA) is 119 Å². The molecule has 2 aliphatic rings. The Morgan fingerprint density at radius 3 is 2.62 bits per heavy atom. The summed E-state index contributed by atoms with van der Waals surface area (Å²) >= 11 is 6.23. The molecule has 0 saturated carbocycles. The molecular weight excluding hydrogens is 498 g/mol. The summed E-state index contributed by atoms with van der Waals surface area (Å²) in [5.74, 6) is -0.250. The molecule has 3 atom stereocenters. The van der Waals surface area contributed by atoms with Gasteiger partial charge >= 0.3 is 18.0 Å². The van der Waals surface area contributed by atoms with Crippen LogP contribution < -0.4 is 5.32 Å². The number of imide groups is 1. The fourth-order valence-corrected chi connectivity index (χ4v) is 5.50. The molecule has 4 rings (SSSR count). The van der Waals surface area contributed by atoms with Gasteiger partial charge < -0.3 is 10.1 Å². The second kappa shape index (κ2) is 10.7. The van der Waals surface area contributed by atoms with Crippen LogP contribution in [0.4, 0.5) is 9.59 Å². The number of hydrogen-bond donors (Lipinski definition) is 1. The molecule has 11 nitrogen and oxygen atoms in total. The number of likely N-dealkylation sites (tertiary alicyclic amines) is 2. The maximum absolute atomic E-state index is 14.2. The van der Waals surface area contributed by atoms with Crippen molar-refractivity contribution >= 4 is 29.6 Å². The van der Waals surface area contributed by atoms with E-state index in [1.807, 2.05) is 6.92 Å². The van der Waals surface area contributed by atoms with Gasteiger partial charge in [0.15, 0.2) is 6.04 Å². The zero-order valence-corrected chi connectivity index (χ0v) is 22.6. The number of benzene rings is 1. The summed E-state index contributed by atoms with van der Waals surface area (Å²) in [4.78, 5) is 42.6. The van der Waals surface area contributed by atoms with Gasteiger partial charge in [0.25, 0.3) is 0 Å². The molecule has 2 fully saturated rings. The molecule has 37 heavy (non-hydrogen) atoms. The van der Waals surface area contributed by atoms with Gasteiger partial charge in [0.1, 0.15) is 18.0 Å². The average Bonchev–Trinajstić information content (AvgIpc) is 3.51. The Kier molecular flexibility index (Phi) is 7.84. The number of carbonyl (C=O) groups is 3. The Labute approximate surface area is 221 Å². The lowest BCUT2D eigenvalue weighted by molar-refractivity contribution is -0.786. The first kappa shape index (κ1) is 27.0. The van der Waals surface area contributed by atoms with Crippen molar-refractivity contribution in [3.8, 4) is 5.69 Å². The van der Waals surface area contributed by atoms with Gasteiger partial charge in [-0.25, -0.2) is 19.1 Å². The van der Waals surface area contributed by atoms with Crippen LogP contribution in [-0.2, 0) is 16.1 Å². The van der Waals surface area contributed by atoms with Crippen LogP contribution in [0.5, 0.6) is 0 Å². The molecule has 4 amide bonds. The SMILES string of the molecule is C[C@@H]1CCC[N+]1(C(=O)NCc1cc(Cl)ccc1-n1cnnn1)C(=O)[C@H]1CCCCN1C(=O)OC(C)(C)C. The predicted molar refractivity (Wildman–Crippen MR) is 136 cm³/mol. The third-order valence-electron chi connectivity index (χ3n) is 7.12. The summed E-state index contributed by atoms with van der Waals surface area (Å²) in [5, 5.41) is 14.8. The lowest BCUT2D eigenvalue weighted by Gasteiger charge is -2.40. The monoisotopic (exact) mass is 532 g/mol. The summed E-state index contributed by atoms with van der Waals surface area (Å²) in [6.07, 6.45) is 4.54. The number of quaternary nitrogens is 1. The summed E-state index contributed by atoms with van der Waals surface area (Å²) in [5.41, 5.74) is 0.699. The van der Waals surface area contributed by atoms with Gasteiger partial charge in [0.2, 0.25) is 0 Å². The Hall–Kier alpha value is -3.05. The van der Waals surface area contributed by atoms with Gasteiger partial charge in [-0.3, -0.25) is 4.90 Å². The number of nitrogens with one attached hydrogen (secondary N) is 1. The molecule has 2 aromatic rings. The largest absolute Gasteiger partial charge is 0.444 e. The molecular formula is C25H35ClN7O4+. The highest BCUT2D eigenvalue weighted by Crippen LogP contribution is 2.33. The number of carbonyl (C=O) groups excluding carboxylic acids is 3. The van der Waals surface area contributed by atoms with Crippen molar-refractivity contribution in [2.45, 2.75) is 84.0 Å². The molecule has 1 N–H and O–H groups in total. The van der Waals surface area contributed by atoms with Crippen LogP contribution in [0, 0.1) is 0 Å². The van der Waals surface area contributed by atoms with Crippen molar-refractivity contribution in [3.05, 3.63) is 35.1 Å². The van der Waals surface area contributed by atoms with E-state index in [9.17, 15) is 14.4 Å². The fourth-order valence-electron chi connectivity index (χ4n) is 5.30. The average molecular weight is 533 g/mol. The number of hydrogen-bond acceptors (Lipinski definition) is 7. The summed E-state index contributed by atoms with van der Waals surface area (Å²) in [6, 6.07) is 3.93. The highest BCUT2D eigenvalue weighted by molar-refractivity contribution is 6.30. The maximum atomic E-state index is 14.2. The minimum Gasteiger partial charge on any atom is -0.444 e. The van der Waals surface area contributed by atoms with Crippen molar-refractivity contribution < 1.29 is 23.6 Å². The smallest absolute Gasteiger partial charge is 0.424 e. The van der Waals surface area contributed by atoms with Crippen molar-refractivity contribution in [3.63, 3.8) is 0 Å². The van der Waals surface area contributed by atoms with Gasteiger partial charge in [0, 0.05) is 24.4 Å². The van der Waals surface area contributed by atoms with Crippen LogP contribution in [0.2, 0.25) is 5.02 Å². The standard InChI is InChI=1S/C25H34ClN7O4/c1-17-8-7-13-33(17,22(34)21-9-5-6-12-31(21)24(36)37-25(2,3)4)23(35)27-15-18-14-19(26)10-11-20(18)32-16-28-29-30-32/h10-11,14,16-17,21H,5-9,12-13,15H2,1-4H3/p+1/t17-,21-,33?/m1/s1. The van der Waals surface area contributed by atoms with E-state index in [2.05, 4.69) is 20.8 Å². The number of nitrogens with zero attached hydrogens (tertiary/aromatic N) is 6. The number of aromatic nitrogens is 4. The zero-order valence-electron chi connectivity index (χ0n) is 21.8. The summed E-state index contributed by atoms with van der Waals surface area (Å²) in [6.45, 7) is 8.28. The molecule has 12 heteroatoms. The molecule has 200 valence electrons. The molecule has 2 saturated heterocycles. The summed E-state index contributed by atoms with van der Waals surface area (Å²) < 4.78 is 6.75. The van der Waals surface area contributed by atoms with E-state index in [1.165, 1.54) is 15.9 Å². The van der Waals surface area contributed by atoms with Crippen LogP contribution in [0.15, 0.2) is 24.5 Å². The first-order chi connectivity index (χ1) is 17.5. The predicted octanol–water partition coefficient (Wildman–Crippen LogP) is 3.84. The first-order valence-corrected chi connectivity index (χ1v) is 13.1. The highest BCUT2D eigenvalue weighted by atomic mass is 35.5. The number of amides is 4. The number of tetrazole rings is 1. The molecule has 0 aliphatic carbocycles. The second-order valence-electron chi connectivity index (χ2n) is 10.8. The van der Waals surface area contributed by atoms with Gasteiger partial charge in [-0.15, -0.1) is 5.10 Å². The molecule has 1 aromatic carbocycles. The molecule has 2 aliphatic heterocycles. The molecule has 3 heterocycles. The Morgan fingerprint density at radius 1 is 1.19 bits per heavy atom. The number of piperidine rings is 1. The third-order valence-corrected chi connectivity index (χ3v) is 7.36. The number of rotatable bonds is 4. The highest BCUT2D eigenvalue weighted by Gasteiger charge is 2.56. The van der Waals surface area contributed by atoms with Crippen LogP contribution in [0.3, 0.4) is 0 Å². The second-order valence-corrected chi connectivity index (χ2v) is 11.2. The van der Waals surface area contributed by atoms with Gasteiger partial charge in [-0.1, -0.05) is 11.6 Å². The van der Waals surface area contributed by atoms with Crippen molar-refractivity contribution in [2.24, 2.45) is 0 Å². The number of halogens is 1. The normalized spacial score (nSPS) is 24.1. The van der Waals surface area contributed by atoms with E-state index in [0.29, 0.717) is 35.8 Å². The van der Waals surface area contributed by atoms with E-state index < -0.39 is 17.7 Å². The number of urea groups is 1. The lowest BCUT2D eigenvalue weighted by atomic mass is 9.99. The van der Waals surface area contributed by atoms with Crippen molar-refractivity contribution in [1.82, 2.24) is 30.4 Å². The van der Waals surface area contributed by atoms with E-state index in [4.69, 9.17) is 16.3 Å². The van der Waals surface area contributed by atoms with Gasteiger partial charge in [-0.2, -0.15) is 4.48 Å². The van der Waals surface area contributed by atoms with Crippen LogP contribution in [0.25, 0.3) is 5.69 Å². The fraction of sp³-hybridized carbons (Fsp3) is 0.600. The maximum Gasteiger partial charge on any atom is 0.424 e. The molecule has 1 unspecified atom stereocenters. The van der Waals surface area contributed by atoms with Crippen LogP contribution in [-0.4, -0.2) is 78.4 Å². The Bertz CT molecular complexity index is 1150. The van der Waals surface area contributed by atoms with E-state index in [1.54, 1.807) is 39.0 Å². The molecule has 0 radical (unpaired) electrons. The third kappa shape index (κ3) is 5.62. The lowest BCUT2D eigenvalue weighted by Crippen LogP contribution is -2.68. The van der Waals surface area contributed by atoms with E-state index >= 15 is 0 Å². The molecule has 1 aromatic heterocycles. The zero-order chi connectivity index (χ0) is 26.8.